The normalized spacial score (nSPS) is 17.2. The van der Waals surface area contributed by atoms with Gasteiger partial charge in [-0.3, -0.25) is 9.59 Å². The maximum atomic E-state index is 10.8. The van der Waals surface area contributed by atoms with Gasteiger partial charge < -0.3 is 19.7 Å². The van der Waals surface area contributed by atoms with Crippen LogP contribution in [-0.2, 0) is 19.1 Å². The van der Waals surface area contributed by atoms with Crippen LogP contribution in [0.25, 0.3) is 0 Å². The van der Waals surface area contributed by atoms with E-state index >= 15 is 0 Å². The van der Waals surface area contributed by atoms with Crippen molar-refractivity contribution in [2.24, 2.45) is 0 Å². The third kappa shape index (κ3) is 10.3. The van der Waals surface area contributed by atoms with Gasteiger partial charge in [-0.25, -0.2) is 4.79 Å². The number of hydrogen-bond acceptors (Lipinski definition) is 5. The second-order valence-corrected chi connectivity index (χ2v) is 2.93. The first-order chi connectivity index (χ1) is 7.52. The van der Waals surface area contributed by atoms with Gasteiger partial charge in [0.05, 0.1) is 26.1 Å². The summed E-state index contributed by atoms with van der Waals surface area (Å²) in [4.78, 5) is 30.2. The van der Waals surface area contributed by atoms with Crippen LogP contribution in [0.1, 0.15) is 25.7 Å². The monoisotopic (exact) mass is 234 g/mol. The maximum Gasteiger partial charge on any atom is 0.503 e. The van der Waals surface area contributed by atoms with E-state index in [1.54, 1.807) is 0 Å². The predicted octanol–water partition coefficient (Wildman–Crippen LogP) is 0.869. The molecular formula is C9H14O7. The van der Waals surface area contributed by atoms with E-state index in [-0.39, 0.29) is 24.8 Å². The number of rotatable bonds is 0. The summed E-state index contributed by atoms with van der Waals surface area (Å²) >= 11 is 0. The summed E-state index contributed by atoms with van der Waals surface area (Å²) in [7, 11) is 0. The topological polar surface area (TPSA) is 110 Å². The minimum absolute atomic E-state index is 0.138. The predicted molar refractivity (Wildman–Crippen MR) is 51.0 cm³/mol. The summed E-state index contributed by atoms with van der Waals surface area (Å²) in [5.74, 6) is -0.622. The summed E-state index contributed by atoms with van der Waals surface area (Å²) in [6.45, 7) is 0.882. The van der Waals surface area contributed by atoms with Gasteiger partial charge in [0.2, 0.25) is 0 Å². The van der Waals surface area contributed by atoms with Crippen LogP contribution >= 0.6 is 0 Å². The van der Waals surface area contributed by atoms with Crippen LogP contribution in [0.4, 0.5) is 4.79 Å². The first-order valence-corrected chi connectivity index (χ1v) is 4.75. The molecule has 7 nitrogen and oxygen atoms in total. The molecule has 1 fully saturated rings. The zero-order valence-electron chi connectivity index (χ0n) is 8.68. The lowest BCUT2D eigenvalue weighted by Crippen LogP contribution is -2.14. The average Bonchev–Trinajstić information content (AvgIpc) is 2.19. The van der Waals surface area contributed by atoms with Gasteiger partial charge in [0.25, 0.3) is 0 Å². The van der Waals surface area contributed by atoms with Gasteiger partial charge in [0.15, 0.2) is 0 Å². The van der Waals surface area contributed by atoms with Crippen LogP contribution < -0.4 is 0 Å². The van der Waals surface area contributed by atoms with Gasteiger partial charge in [-0.15, -0.1) is 0 Å². The molecule has 7 heteroatoms. The molecule has 1 rings (SSSR count). The van der Waals surface area contributed by atoms with Crippen molar-refractivity contribution >= 4 is 18.1 Å². The molecule has 0 aromatic rings. The molecule has 0 saturated carbocycles. The van der Waals surface area contributed by atoms with Gasteiger partial charge >= 0.3 is 18.1 Å². The van der Waals surface area contributed by atoms with Gasteiger partial charge in [0.1, 0.15) is 0 Å². The Morgan fingerprint density at radius 3 is 1.56 bits per heavy atom. The standard InChI is InChI=1S/C8H12O4.CH2O3/c9-7-3-4-8(10)12-6-2-1-5-11-7;2-1(3)4/h1-6H2;(H2,2,3,4). The van der Waals surface area contributed by atoms with Crippen LogP contribution in [0.3, 0.4) is 0 Å². The number of carbonyl (C=O) groups is 3. The molecule has 0 radical (unpaired) electrons. The Bertz CT molecular complexity index is 224. The minimum atomic E-state index is -1.83. The molecule has 0 aromatic heterocycles. The summed E-state index contributed by atoms with van der Waals surface area (Å²) in [6.07, 6.45) is -0.0320. The van der Waals surface area contributed by atoms with E-state index < -0.39 is 6.16 Å². The Labute approximate surface area is 92.0 Å². The highest BCUT2D eigenvalue weighted by Gasteiger charge is 2.10. The summed E-state index contributed by atoms with van der Waals surface area (Å²) in [5, 5.41) is 13.9. The van der Waals surface area contributed by atoms with Crippen molar-refractivity contribution in [2.75, 3.05) is 13.2 Å². The first kappa shape index (κ1) is 14.2. The fourth-order valence-corrected chi connectivity index (χ4v) is 0.925. The van der Waals surface area contributed by atoms with Crippen LogP contribution in [0.2, 0.25) is 0 Å². The van der Waals surface area contributed by atoms with Gasteiger partial charge in [-0.1, -0.05) is 0 Å². The molecule has 2 N–H and O–H groups in total. The van der Waals surface area contributed by atoms with E-state index in [2.05, 4.69) is 0 Å². The van der Waals surface area contributed by atoms with Crippen molar-refractivity contribution in [1.29, 1.82) is 0 Å². The lowest BCUT2D eigenvalue weighted by molar-refractivity contribution is -0.152. The van der Waals surface area contributed by atoms with Crippen molar-refractivity contribution in [3.05, 3.63) is 0 Å². The second kappa shape index (κ2) is 8.51. The van der Waals surface area contributed by atoms with Crippen LogP contribution in [0.5, 0.6) is 0 Å². The number of carbonyl (C=O) groups excluding carboxylic acids is 2. The van der Waals surface area contributed by atoms with Crippen molar-refractivity contribution in [3.63, 3.8) is 0 Å². The van der Waals surface area contributed by atoms with Crippen LogP contribution in [-0.4, -0.2) is 41.5 Å². The highest BCUT2D eigenvalue weighted by atomic mass is 16.6. The molecule has 0 unspecified atom stereocenters. The zero-order valence-corrected chi connectivity index (χ0v) is 8.68. The Morgan fingerprint density at radius 2 is 1.25 bits per heavy atom. The van der Waals surface area contributed by atoms with Gasteiger partial charge in [-0.2, -0.15) is 0 Å². The summed E-state index contributed by atoms with van der Waals surface area (Å²) < 4.78 is 9.64. The average molecular weight is 234 g/mol. The SMILES string of the molecule is O=C(O)O.O=C1CCC(=O)OCCCCO1. The molecule has 0 bridgehead atoms. The Morgan fingerprint density at radius 1 is 0.938 bits per heavy atom. The Balaban J connectivity index is 0.000000487. The number of esters is 2. The van der Waals surface area contributed by atoms with E-state index in [1.165, 1.54) is 0 Å². The summed E-state index contributed by atoms with van der Waals surface area (Å²) in [5.41, 5.74) is 0. The highest BCUT2D eigenvalue weighted by molar-refractivity contribution is 5.77. The molecule has 16 heavy (non-hydrogen) atoms. The van der Waals surface area contributed by atoms with Crippen molar-refractivity contribution < 1.29 is 34.1 Å². The number of carboxylic acid groups (broad SMARTS) is 2. The highest BCUT2D eigenvalue weighted by Crippen LogP contribution is 2.01. The number of cyclic esters (lactones) is 2. The molecule has 0 amide bonds. The molecule has 1 saturated heterocycles. The fourth-order valence-electron chi connectivity index (χ4n) is 0.925. The van der Waals surface area contributed by atoms with E-state index in [0.29, 0.717) is 13.2 Å². The third-order valence-electron chi connectivity index (χ3n) is 1.60. The number of ether oxygens (including phenoxy) is 2. The van der Waals surface area contributed by atoms with E-state index in [9.17, 15) is 9.59 Å². The molecule has 1 aliphatic heterocycles. The molecule has 0 aliphatic carbocycles. The number of hydrogen-bond donors (Lipinski definition) is 2. The smallest absolute Gasteiger partial charge is 0.466 e. The Hall–Kier alpha value is -1.79. The largest absolute Gasteiger partial charge is 0.503 e. The van der Waals surface area contributed by atoms with E-state index in [4.69, 9.17) is 24.5 Å². The van der Waals surface area contributed by atoms with Crippen molar-refractivity contribution in [3.8, 4) is 0 Å². The van der Waals surface area contributed by atoms with Gasteiger partial charge in [-0.05, 0) is 12.8 Å². The molecular weight excluding hydrogens is 220 g/mol. The minimum Gasteiger partial charge on any atom is -0.466 e. The molecule has 92 valence electrons. The molecule has 1 aliphatic rings. The third-order valence-corrected chi connectivity index (χ3v) is 1.60. The molecule has 0 aromatic carbocycles. The van der Waals surface area contributed by atoms with Crippen molar-refractivity contribution in [1.82, 2.24) is 0 Å². The fraction of sp³-hybridized carbons (Fsp3) is 0.667. The Kier molecular flexibility index (Phi) is 7.56. The lowest BCUT2D eigenvalue weighted by atomic mass is 10.3. The molecule has 0 spiro atoms. The van der Waals surface area contributed by atoms with Crippen LogP contribution in [0, 0.1) is 0 Å². The van der Waals surface area contributed by atoms with E-state index in [0.717, 1.165) is 12.8 Å². The quantitative estimate of drug-likeness (QED) is 0.598. The van der Waals surface area contributed by atoms with Crippen LogP contribution in [0.15, 0.2) is 0 Å². The first-order valence-electron chi connectivity index (χ1n) is 4.75. The van der Waals surface area contributed by atoms with Gasteiger partial charge in [0, 0.05) is 0 Å². The zero-order chi connectivity index (χ0) is 12.4. The van der Waals surface area contributed by atoms with Crippen molar-refractivity contribution in [2.45, 2.75) is 25.7 Å². The summed E-state index contributed by atoms with van der Waals surface area (Å²) in [6, 6.07) is 0. The lowest BCUT2D eigenvalue weighted by Gasteiger charge is -2.08. The molecule has 0 atom stereocenters. The maximum absolute atomic E-state index is 10.8. The second-order valence-electron chi connectivity index (χ2n) is 2.93. The molecule has 1 heterocycles. The van der Waals surface area contributed by atoms with E-state index in [1.807, 2.05) is 0 Å².